The van der Waals surface area contributed by atoms with E-state index < -0.39 is 0 Å². The number of rotatable bonds is 3. The van der Waals surface area contributed by atoms with E-state index in [1.54, 1.807) is 0 Å². The van der Waals surface area contributed by atoms with Gasteiger partial charge in [0.1, 0.15) is 11.4 Å². The molecule has 0 bridgehead atoms. The molecule has 140 valence electrons. The number of carbonyl (C=O) groups is 1. The van der Waals surface area contributed by atoms with Gasteiger partial charge in [-0.05, 0) is 31.2 Å². The zero-order valence-electron chi connectivity index (χ0n) is 15.6. The molecule has 2 aromatic heterocycles. The van der Waals surface area contributed by atoms with Crippen molar-refractivity contribution in [2.75, 3.05) is 13.1 Å². The van der Waals surface area contributed by atoms with Gasteiger partial charge in [-0.1, -0.05) is 36.8 Å². The molecule has 3 heterocycles. The third kappa shape index (κ3) is 3.54. The Hall–Kier alpha value is -2.47. The van der Waals surface area contributed by atoms with Gasteiger partial charge in [-0.25, -0.2) is 4.98 Å². The molecular weight excluding hydrogens is 358 g/mol. The van der Waals surface area contributed by atoms with Gasteiger partial charge >= 0.3 is 0 Å². The Morgan fingerprint density at radius 2 is 2.07 bits per heavy atom. The average molecular weight is 382 g/mol. The number of piperidine rings is 1. The average Bonchev–Trinajstić information content (AvgIpc) is 3.09. The van der Waals surface area contributed by atoms with Crippen LogP contribution >= 0.6 is 11.3 Å². The summed E-state index contributed by atoms with van der Waals surface area (Å²) in [7, 11) is 0. The standard InChI is InChI=1S/C21H23N3O2S/c1-14-5-7-16(8-6-14)17-12-27-20-19(17)21(26)24(13-22-20)11-18(25)23-9-3-4-15(2)10-23/h5-8,12-13,15H,3-4,9-11H2,1-2H3. The maximum Gasteiger partial charge on any atom is 0.263 e. The molecule has 1 atom stereocenters. The van der Waals surface area contributed by atoms with Crippen LogP contribution in [-0.2, 0) is 11.3 Å². The molecule has 0 radical (unpaired) electrons. The molecule has 1 aliphatic heterocycles. The van der Waals surface area contributed by atoms with Crippen molar-refractivity contribution in [1.82, 2.24) is 14.5 Å². The van der Waals surface area contributed by atoms with E-state index in [1.807, 2.05) is 41.5 Å². The zero-order valence-corrected chi connectivity index (χ0v) is 16.5. The van der Waals surface area contributed by atoms with E-state index in [1.165, 1.54) is 27.8 Å². The van der Waals surface area contributed by atoms with Crippen LogP contribution in [0.4, 0.5) is 0 Å². The number of thiophene rings is 1. The number of benzene rings is 1. The molecular formula is C21H23N3O2S. The lowest BCUT2D eigenvalue weighted by molar-refractivity contribution is -0.133. The zero-order chi connectivity index (χ0) is 19.0. The summed E-state index contributed by atoms with van der Waals surface area (Å²) in [6, 6.07) is 8.12. The van der Waals surface area contributed by atoms with Crippen molar-refractivity contribution >= 4 is 27.5 Å². The van der Waals surface area contributed by atoms with Gasteiger partial charge in [0.05, 0.1) is 11.7 Å². The molecule has 1 aromatic carbocycles. The molecule has 1 aliphatic rings. The molecule has 5 nitrogen and oxygen atoms in total. The van der Waals surface area contributed by atoms with Crippen molar-refractivity contribution in [2.24, 2.45) is 5.92 Å². The molecule has 0 N–H and O–H groups in total. The predicted molar refractivity (Wildman–Crippen MR) is 109 cm³/mol. The Morgan fingerprint density at radius 3 is 2.81 bits per heavy atom. The van der Waals surface area contributed by atoms with Crippen molar-refractivity contribution in [2.45, 2.75) is 33.2 Å². The van der Waals surface area contributed by atoms with E-state index in [-0.39, 0.29) is 18.0 Å². The summed E-state index contributed by atoms with van der Waals surface area (Å²) < 4.78 is 1.45. The first-order chi connectivity index (χ1) is 13.0. The maximum atomic E-state index is 13.1. The van der Waals surface area contributed by atoms with Crippen LogP contribution in [0.25, 0.3) is 21.3 Å². The van der Waals surface area contributed by atoms with Crippen molar-refractivity contribution in [3.05, 3.63) is 51.9 Å². The molecule has 27 heavy (non-hydrogen) atoms. The number of likely N-dealkylation sites (tertiary alicyclic amines) is 1. The fraction of sp³-hybridized carbons (Fsp3) is 0.381. The summed E-state index contributed by atoms with van der Waals surface area (Å²) in [5.41, 5.74) is 2.92. The van der Waals surface area contributed by atoms with Crippen LogP contribution in [0.5, 0.6) is 0 Å². The number of hydrogen-bond acceptors (Lipinski definition) is 4. The van der Waals surface area contributed by atoms with Crippen molar-refractivity contribution < 1.29 is 4.79 Å². The third-order valence-electron chi connectivity index (χ3n) is 5.24. The number of aromatic nitrogens is 2. The lowest BCUT2D eigenvalue weighted by Gasteiger charge is -2.31. The highest BCUT2D eigenvalue weighted by Gasteiger charge is 2.22. The van der Waals surface area contributed by atoms with Crippen molar-refractivity contribution in [3.63, 3.8) is 0 Å². The number of aryl methyl sites for hydroxylation is 1. The molecule has 4 rings (SSSR count). The predicted octanol–water partition coefficient (Wildman–Crippen LogP) is 3.69. The number of amides is 1. The van der Waals surface area contributed by atoms with Crippen LogP contribution in [-0.4, -0.2) is 33.4 Å². The minimum absolute atomic E-state index is 0.00286. The highest BCUT2D eigenvalue weighted by Crippen LogP contribution is 2.30. The van der Waals surface area contributed by atoms with Crippen LogP contribution in [0, 0.1) is 12.8 Å². The van der Waals surface area contributed by atoms with Crippen LogP contribution in [0.1, 0.15) is 25.3 Å². The normalized spacial score (nSPS) is 17.4. The van der Waals surface area contributed by atoms with E-state index in [0.717, 1.165) is 37.1 Å². The summed E-state index contributed by atoms with van der Waals surface area (Å²) in [6.07, 6.45) is 3.69. The van der Waals surface area contributed by atoms with E-state index in [0.29, 0.717) is 16.1 Å². The third-order valence-corrected chi connectivity index (χ3v) is 6.12. The minimum Gasteiger partial charge on any atom is -0.341 e. The topological polar surface area (TPSA) is 55.2 Å². The highest BCUT2D eigenvalue weighted by molar-refractivity contribution is 7.17. The van der Waals surface area contributed by atoms with E-state index in [4.69, 9.17) is 0 Å². The maximum absolute atomic E-state index is 13.1. The molecule has 6 heteroatoms. The molecule has 1 fully saturated rings. The fourth-order valence-corrected chi connectivity index (χ4v) is 4.59. The minimum atomic E-state index is -0.143. The molecule has 3 aromatic rings. The Labute approximate surface area is 162 Å². The summed E-state index contributed by atoms with van der Waals surface area (Å²) in [4.78, 5) is 32.8. The lowest BCUT2D eigenvalue weighted by atomic mass is 10.0. The van der Waals surface area contributed by atoms with Gasteiger partial charge in [0.15, 0.2) is 0 Å². The Morgan fingerprint density at radius 1 is 1.30 bits per heavy atom. The van der Waals surface area contributed by atoms with Gasteiger partial charge in [0, 0.05) is 24.0 Å². The van der Waals surface area contributed by atoms with Gasteiger partial charge in [-0.15, -0.1) is 11.3 Å². The van der Waals surface area contributed by atoms with Gasteiger partial charge in [0.2, 0.25) is 5.91 Å². The molecule has 1 unspecified atom stereocenters. The summed E-state index contributed by atoms with van der Waals surface area (Å²) in [5.74, 6) is 0.516. The van der Waals surface area contributed by atoms with E-state index in [2.05, 4.69) is 11.9 Å². The largest absolute Gasteiger partial charge is 0.341 e. The van der Waals surface area contributed by atoms with Crippen LogP contribution in [0.15, 0.2) is 40.8 Å². The Bertz CT molecular complexity index is 1040. The second-order valence-corrected chi connectivity index (χ2v) is 8.32. The monoisotopic (exact) mass is 381 g/mol. The van der Waals surface area contributed by atoms with Crippen LogP contribution < -0.4 is 5.56 Å². The molecule has 1 amide bonds. The smallest absolute Gasteiger partial charge is 0.263 e. The first kappa shape index (κ1) is 17.9. The van der Waals surface area contributed by atoms with Gasteiger partial charge < -0.3 is 4.90 Å². The lowest BCUT2D eigenvalue weighted by Crippen LogP contribution is -2.42. The highest BCUT2D eigenvalue weighted by atomic mass is 32.1. The first-order valence-corrected chi connectivity index (χ1v) is 10.2. The van der Waals surface area contributed by atoms with Crippen molar-refractivity contribution in [3.8, 4) is 11.1 Å². The first-order valence-electron chi connectivity index (χ1n) is 9.34. The summed E-state index contributed by atoms with van der Waals surface area (Å²) in [6.45, 7) is 5.81. The van der Waals surface area contributed by atoms with Crippen LogP contribution in [0.3, 0.4) is 0 Å². The van der Waals surface area contributed by atoms with E-state index in [9.17, 15) is 9.59 Å². The molecule has 0 spiro atoms. The van der Waals surface area contributed by atoms with Crippen molar-refractivity contribution in [1.29, 1.82) is 0 Å². The van der Waals surface area contributed by atoms with Gasteiger partial charge in [0.25, 0.3) is 5.56 Å². The number of carbonyl (C=O) groups excluding carboxylic acids is 1. The quantitative estimate of drug-likeness (QED) is 0.695. The molecule has 0 aliphatic carbocycles. The summed E-state index contributed by atoms with van der Waals surface area (Å²) >= 11 is 1.46. The molecule has 1 saturated heterocycles. The second kappa shape index (κ2) is 7.27. The number of hydrogen-bond donors (Lipinski definition) is 0. The molecule has 0 saturated carbocycles. The summed E-state index contributed by atoms with van der Waals surface area (Å²) in [5, 5.41) is 2.58. The Kier molecular flexibility index (Phi) is 4.83. The number of nitrogens with zero attached hydrogens (tertiary/aromatic N) is 3. The fourth-order valence-electron chi connectivity index (χ4n) is 3.69. The number of fused-ring (bicyclic) bond motifs is 1. The van der Waals surface area contributed by atoms with Gasteiger partial charge in [-0.2, -0.15) is 0 Å². The second-order valence-electron chi connectivity index (χ2n) is 7.46. The van der Waals surface area contributed by atoms with Gasteiger partial charge in [-0.3, -0.25) is 14.2 Å². The SMILES string of the molecule is Cc1ccc(-c2csc3ncn(CC(=O)N4CCCC(C)C4)c(=O)c23)cc1. The van der Waals surface area contributed by atoms with Crippen LogP contribution in [0.2, 0.25) is 0 Å². The van der Waals surface area contributed by atoms with E-state index >= 15 is 0 Å². The Balaban J connectivity index is 1.67.